The summed E-state index contributed by atoms with van der Waals surface area (Å²) in [4.78, 5) is 2.10. The third-order valence-electron chi connectivity index (χ3n) is 4.38. The van der Waals surface area contributed by atoms with E-state index in [0.717, 1.165) is 6.54 Å². The number of hydrogen-bond acceptors (Lipinski definition) is 3. The van der Waals surface area contributed by atoms with Crippen LogP contribution in [-0.4, -0.2) is 22.8 Å². The van der Waals surface area contributed by atoms with E-state index in [1.807, 2.05) is 54.6 Å². The Bertz CT molecular complexity index is 705. The van der Waals surface area contributed by atoms with Crippen LogP contribution in [0.2, 0.25) is 0 Å². The van der Waals surface area contributed by atoms with Crippen LogP contribution in [0.5, 0.6) is 0 Å². The van der Waals surface area contributed by atoms with Crippen molar-refractivity contribution in [2.45, 2.75) is 25.9 Å². The first kappa shape index (κ1) is 18.3. The van der Waals surface area contributed by atoms with E-state index in [1.54, 1.807) is 0 Å². The summed E-state index contributed by atoms with van der Waals surface area (Å²) in [6.07, 6.45) is -0.556. The minimum absolute atomic E-state index is 0.522. The zero-order valence-corrected chi connectivity index (χ0v) is 15.0. The second-order valence-corrected chi connectivity index (χ2v) is 6.47. The molecule has 0 spiro atoms. The van der Waals surface area contributed by atoms with Crippen LogP contribution < -0.4 is 5.32 Å². The van der Waals surface area contributed by atoms with E-state index in [0.29, 0.717) is 19.6 Å². The molecule has 0 aliphatic heterocycles. The molecule has 0 saturated heterocycles. The fourth-order valence-corrected chi connectivity index (χ4v) is 2.97. The normalized spacial score (nSPS) is 12.2. The predicted molar refractivity (Wildman–Crippen MR) is 106 cm³/mol. The van der Waals surface area contributed by atoms with Crippen molar-refractivity contribution in [2.24, 2.45) is 0 Å². The molecule has 2 N–H and O–H groups in total. The molecule has 3 rings (SSSR count). The van der Waals surface area contributed by atoms with Crippen molar-refractivity contribution in [1.29, 1.82) is 0 Å². The lowest BCUT2D eigenvalue weighted by Gasteiger charge is -2.28. The molecule has 3 heteroatoms. The van der Waals surface area contributed by atoms with Gasteiger partial charge in [-0.15, -0.1) is 0 Å². The van der Waals surface area contributed by atoms with Gasteiger partial charge in [0.15, 0.2) is 0 Å². The fraction of sp³-hybridized carbons (Fsp3) is 0.217. The second kappa shape index (κ2) is 9.88. The zero-order valence-electron chi connectivity index (χ0n) is 15.0. The van der Waals surface area contributed by atoms with Gasteiger partial charge in [0.25, 0.3) is 0 Å². The summed E-state index contributed by atoms with van der Waals surface area (Å²) in [5.74, 6) is 0. The number of aliphatic hydroxyl groups is 1. The quantitative estimate of drug-likeness (QED) is 0.579. The van der Waals surface area contributed by atoms with E-state index in [9.17, 15) is 5.11 Å². The van der Waals surface area contributed by atoms with Crippen LogP contribution in [0, 0.1) is 0 Å². The van der Waals surface area contributed by atoms with Crippen molar-refractivity contribution in [3.05, 3.63) is 108 Å². The topological polar surface area (TPSA) is 35.5 Å². The van der Waals surface area contributed by atoms with Gasteiger partial charge in [-0.05, 0) is 16.7 Å². The minimum Gasteiger partial charge on any atom is -0.377 e. The van der Waals surface area contributed by atoms with E-state index < -0.39 is 6.23 Å². The zero-order chi connectivity index (χ0) is 18.0. The number of aliphatic hydroxyl groups excluding tert-OH is 1. The van der Waals surface area contributed by atoms with Crippen molar-refractivity contribution in [1.82, 2.24) is 10.2 Å². The number of nitrogens with one attached hydrogen (secondary N) is 1. The molecule has 26 heavy (non-hydrogen) atoms. The Balaban J connectivity index is 1.61. The predicted octanol–water partition coefficient (Wildman–Crippen LogP) is 3.80. The van der Waals surface area contributed by atoms with Gasteiger partial charge in [-0.25, -0.2) is 0 Å². The lowest BCUT2D eigenvalue weighted by molar-refractivity contribution is -0.00732. The molecule has 1 unspecified atom stereocenters. The molecule has 0 fully saturated rings. The Morgan fingerprint density at radius 2 is 1.08 bits per heavy atom. The monoisotopic (exact) mass is 346 g/mol. The van der Waals surface area contributed by atoms with Gasteiger partial charge in [0.2, 0.25) is 0 Å². The van der Waals surface area contributed by atoms with E-state index in [-0.39, 0.29) is 0 Å². The number of benzene rings is 3. The highest BCUT2D eigenvalue weighted by Gasteiger charge is 2.16. The summed E-state index contributed by atoms with van der Waals surface area (Å²) >= 11 is 0. The van der Waals surface area contributed by atoms with Gasteiger partial charge in [-0.3, -0.25) is 4.90 Å². The summed E-state index contributed by atoms with van der Waals surface area (Å²) in [5, 5.41) is 14.1. The SMILES string of the molecule is OC(CNCc1ccccc1)N(Cc1ccccc1)Cc1ccccc1. The lowest BCUT2D eigenvalue weighted by Crippen LogP contribution is -2.41. The van der Waals surface area contributed by atoms with Gasteiger partial charge in [0, 0.05) is 26.2 Å². The summed E-state index contributed by atoms with van der Waals surface area (Å²) in [6.45, 7) is 2.70. The van der Waals surface area contributed by atoms with Gasteiger partial charge >= 0.3 is 0 Å². The largest absolute Gasteiger partial charge is 0.377 e. The molecular weight excluding hydrogens is 320 g/mol. The highest BCUT2D eigenvalue weighted by molar-refractivity contribution is 5.17. The average molecular weight is 346 g/mol. The second-order valence-electron chi connectivity index (χ2n) is 6.47. The first-order valence-corrected chi connectivity index (χ1v) is 9.06. The van der Waals surface area contributed by atoms with E-state index in [2.05, 4.69) is 46.6 Å². The first-order chi connectivity index (χ1) is 12.8. The van der Waals surface area contributed by atoms with Gasteiger partial charge in [-0.2, -0.15) is 0 Å². The van der Waals surface area contributed by atoms with Gasteiger partial charge in [0.1, 0.15) is 6.23 Å². The van der Waals surface area contributed by atoms with E-state index >= 15 is 0 Å². The molecule has 134 valence electrons. The van der Waals surface area contributed by atoms with Gasteiger partial charge < -0.3 is 10.4 Å². The number of nitrogens with zero attached hydrogens (tertiary/aromatic N) is 1. The molecule has 0 aliphatic rings. The highest BCUT2D eigenvalue weighted by atomic mass is 16.3. The van der Waals surface area contributed by atoms with Crippen molar-refractivity contribution in [3.63, 3.8) is 0 Å². The Morgan fingerprint density at radius 1 is 0.654 bits per heavy atom. The van der Waals surface area contributed by atoms with Crippen molar-refractivity contribution < 1.29 is 5.11 Å². The van der Waals surface area contributed by atoms with Crippen LogP contribution in [-0.2, 0) is 19.6 Å². The number of hydrogen-bond donors (Lipinski definition) is 2. The van der Waals surface area contributed by atoms with E-state index in [1.165, 1.54) is 16.7 Å². The molecular formula is C23H26N2O. The van der Waals surface area contributed by atoms with Crippen LogP contribution in [0.3, 0.4) is 0 Å². The van der Waals surface area contributed by atoms with Crippen LogP contribution in [0.15, 0.2) is 91.0 Å². The smallest absolute Gasteiger partial charge is 0.120 e. The Morgan fingerprint density at radius 3 is 1.54 bits per heavy atom. The molecule has 0 heterocycles. The Kier molecular flexibility index (Phi) is 6.96. The molecule has 0 saturated carbocycles. The van der Waals surface area contributed by atoms with Crippen LogP contribution >= 0.6 is 0 Å². The highest BCUT2D eigenvalue weighted by Crippen LogP contribution is 2.12. The van der Waals surface area contributed by atoms with Gasteiger partial charge in [0.05, 0.1) is 0 Å². The average Bonchev–Trinajstić information content (AvgIpc) is 2.70. The summed E-state index contributed by atoms with van der Waals surface area (Å²) < 4.78 is 0. The van der Waals surface area contributed by atoms with Crippen LogP contribution in [0.1, 0.15) is 16.7 Å². The number of rotatable bonds is 9. The lowest BCUT2D eigenvalue weighted by atomic mass is 10.1. The third kappa shape index (κ3) is 5.81. The van der Waals surface area contributed by atoms with Crippen molar-refractivity contribution in [2.75, 3.05) is 6.54 Å². The molecule has 0 aliphatic carbocycles. The van der Waals surface area contributed by atoms with E-state index in [4.69, 9.17) is 0 Å². The first-order valence-electron chi connectivity index (χ1n) is 9.06. The molecule has 3 aromatic rings. The molecule has 3 aromatic carbocycles. The summed E-state index contributed by atoms with van der Waals surface area (Å²) in [7, 11) is 0. The minimum atomic E-state index is -0.556. The third-order valence-corrected chi connectivity index (χ3v) is 4.38. The molecule has 1 atom stereocenters. The van der Waals surface area contributed by atoms with Crippen LogP contribution in [0.25, 0.3) is 0 Å². The van der Waals surface area contributed by atoms with Crippen molar-refractivity contribution >= 4 is 0 Å². The fourth-order valence-electron chi connectivity index (χ4n) is 2.97. The molecule has 3 nitrogen and oxygen atoms in total. The Labute approximate surface area is 155 Å². The summed E-state index contributed by atoms with van der Waals surface area (Å²) in [6, 6.07) is 30.8. The molecule has 0 aromatic heterocycles. The molecule has 0 amide bonds. The van der Waals surface area contributed by atoms with Crippen molar-refractivity contribution in [3.8, 4) is 0 Å². The Hall–Kier alpha value is -2.46. The maximum atomic E-state index is 10.8. The maximum Gasteiger partial charge on any atom is 0.120 e. The summed E-state index contributed by atoms with van der Waals surface area (Å²) in [5.41, 5.74) is 3.62. The van der Waals surface area contributed by atoms with Gasteiger partial charge in [-0.1, -0.05) is 91.0 Å². The molecule has 0 radical (unpaired) electrons. The maximum absolute atomic E-state index is 10.8. The van der Waals surface area contributed by atoms with Crippen LogP contribution in [0.4, 0.5) is 0 Å². The molecule has 0 bridgehead atoms. The standard InChI is InChI=1S/C23H26N2O/c26-23(17-24-16-20-10-4-1-5-11-20)25(18-21-12-6-2-7-13-21)19-22-14-8-3-9-15-22/h1-15,23-24,26H,16-19H2.